The van der Waals surface area contributed by atoms with E-state index >= 15 is 0 Å². The molecular formula is C16H22FNO3. The van der Waals surface area contributed by atoms with Crippen molar-refractivity contribution in [3.63, 3.8) is 0 Å². The summed E-state index contributed by atoms with van der Waals surface area (Å²) in [7, 11) is 1.53. The first kappa shape index (κ1) is 15.9. The molecule has 2 rings (SSSR count). The number of hydrogen-bond donors (Lipinski definition) is 1. The first-order valence-corrected chi connectivity index (χ1v) is 7.27. The molecule has 1 N–H and O–H groups in total. The zero-order valence-corrected chi connectivity index (χ0v) is 12.5. The molecule has 1 aliphatic heterocycles. The van der Waals surface area contributed by atoms with E-state index in [0.29, 0.717) is 12.1 Å². The van der Waals surface area contributed by atoms with Gasteiger partial charge in [0.05, 0.1) is 18.6 Å². The van der Waals surface area contributed by atoms with Crippen LogP contribution in [0.3, 0.4) is 0 Å². The average Bonchev–Trinajstić information content (AvgIpc) is 2.48. The first-order valence-electron chi connectivity index (χ1n) is 7.27. The highest BCUT2D eigenvalue weighted by atomic mass is 19.1. The zero-order valence-electron chi connectivity index (χ0n) is 12.5. The molecule has 0 radical (unpaired) electrons. The third kappa shape index (κ3) is 4.25. The lowest BCUT2D eigenvalue weighted by Crippen LogP contribution is -2.39. The molecule has 1 heterocycles. The summed E-state index contributed by atoms with van der Waals surface area (Å²) >= 11 is 0. The van der Waals surface area contributed by atoms with E-state index < -0.39 is 0 Å². The highest BCUT2D eigenvalue weighted by molar-refractivity contribution is 5.79. The van der Waals surface area contributed by atoms with E-state index in [2.05, 4.69) is 5.32 Å². The van der Waals surface area contributed by atoms with Crippen LogP contribution in [0.25, 0.3) is 0 Å². The number of methoxy groups -OCH3 is 1. The van der Waals surface area contributed by atoms with Gasteiger partial charge in [-0.2, -0.15) is 0 Å². The van der Waals surface area contributed by atoms with Gasteiger partial charge < -0.3 is 14.8 Å². The van der Waals surface area contributed by atoms with Gasteiger partial charge in [0, 0.05) is 25.8 Å². The second-order valence-electron chi connectivity index (χ2n) is 5.40. The van der Waals surface area contributed by atoms with Crippen LogP contribution in [0.4, 0.5) is 4.39 Å². The molecule has 0 unspecified atom stereocenters. The minimum absolute atomic E-state index is 0.000170. The van der Waals surface area contributed by atoms with Crippen molar-refractivity contribution in [2.75, 3.05) is 13.7 Å². The molecule has 1 aliphatic rings. The fourth-order valence-corrected chi connectivity index (χ4v) is 2.59. The lowest BCUT2D eigenvalue weighted by atomic mass is 9.94. The third-order valence-corrected chi connectivity index (χ3v) is 3.82. The number of amides is 1. The molecule has 2 atom stereocenters. The normalized spacial score (nSPS) is 22.0. The van der Waals surface area contributed by atoms with E-state index in [1.165, 1.54) is 13.2 Å². The van der Waals surface area contributed by atoms with E-state index in [1.54, 1.807) is 12.1 Å². The highest BCUT2D eigenvalue weighted by Crippen LogP contribution is 2.20. The smallest absolute Gasteiger partial charge is 0.225 e. The summed E-state index contributed by atoms with van der Waals surface area (Å²) in [5, 5.41) is 2.91. The largest absolute Gasteiger partial charge is 0.380 e. The summed E-state index contributed by atoms with van der Waals surface area (Å²) in [5.74, 6) is -0.390. The summed E-state index contributed by atoms with van der Waals surface area (Å²) < 4.78 is 24.0. The van der Waals surface area contributed by atoms with Crippen LogP contribution in [0.15, 0.2) is 18.2 Å². The van der Waals surface area contributed by atoms with E-state index in [9.17, 15) is 9.18 Å². The van der Waals surface area contributed by atoms with Gasteiger partial charge in [-0.05, 0) is 37.5 Å². The first-order chi connectivity index (χ1) is 10.1. The summed E-state index contributed by atoms with van der Waals surface area (Å²) in [5.41, 5.74) is 1.36. The van der Waals surface area contributed by atoms with Crippen LogP contribution in [0.5, 0.6) is 0 Å². The van der Waals surface area contributed by atoms with Crippen LogP contribution in [0.1, 0.15) is 30.9 Å². The molecular weight excluding hydrogens is 273 g/mol. The van der Waals surface area contributed by atoms with Crippen molar-refractivity contribution in [1.82, 2.24) is 5.32 Å². The van der Waals surface area contributed by atoms with Gasteiger partial charge in [-0.3, -0.25) is 4.79 Å². The predicted octanol–water partition coefficient (Wildman–Crippen LogP) is 2.40. The third-order valence-electron chi connectivity index (χ3n) is 3.82. The Morgan fingerprint density at radius 1 is 1.52 bits per heavy atom. The van der Waals surface area contributed by atoms with Gasteiger partial charge in [0.25, 0.3) is 0 Å². The quantitative estimate of drug-likeness (QED) is 0.907. The standard InChI is InChI=1S/C16H22FNO3/c1-11-14(4-3-7-21-11)16(19)18-9-12-5-6-15(17)13(8-12)10-20-2/h5-6,8,11,14H,3-4,7,9-10H2,1-2H3,(H,18,19)/t11-,14+/m1/s1. The molecule has 0 bridgehead atoms. The van der Waals surface area contributed by atoms with Gasteiger partial charge in [-0.25, -0.2) is 4.39 Å². The van der Waals surface area contributed by atoms with Crippen LogP contribution in [0, 0.1) is 11.7 Å². The summed E-state index contributed by atoms with van der Waals surface area (Å²) in [6.45, 7) is 3.27. The SMILES string of the molecule is COCc1cc(CNC(=O)[C@H]2CCCO[C@@H]2C)ccc1F. The van der Waals surface area contributed by atoms with Crippen molar-refractivity contribution in [2.24, 2.45) is 5.92 Å². The Labute approximate surface area is 124 Å². The summed E-state index contributed by atoms with van der Waals surface area (Å²) in [6.07, 6.45) is 1.72. The Balaban J connectivity index is 1.93. The molecule has 1 amide bonds. The Hall–Kier alpha value is -1.46. The molecule has 0 spiro atoms. The molecule has 1 aromatic carbocycles. The van der Waals surface area contributed by atoms with Crippen molar-refractivity contribution in [3.8, 4) is 0 Å². The summed E-state index contributed by atoms with van der Waals surface area (Å²) in [4.78, 5) is 12.2. The number of carbonyl (C=O) groups excluding carboxylic acids is 1. The topological polar surface area (TPSA) is 47.6 Å². The predicted molar refractivity (Wildman–Crippen MR) is 77.1 cm³/mol. The van der Waals surface area contributed by atoms with Crippen molar-refractivity contribution in [3.05, 3.63) is 35.1 Å². The Morgan fingerprint density at radius 3 is 3.05 bits per heavy atom. The lowest BCUT2D eigenvalue weighted by molar-refractivity contribution is -0.133. The highest BCUT2D eigenvalue weighted by Gasteiger charge is 2.28. The molecule has 1 saturated heterocycles. The number of benzene rings is 1. The molecule has 0 aliphatic carbocycles. The molecule has 1 aromatic rings. The number of halogens is 1. The van der Waals surface area contributed by atoms with Gasteiger partial charge >= 0.3 is 0 Å². The van der Waals surface area contributed by atoms with E-state index in [0.717, 1.165) is 25.0 Å². The fourth-order valence-electron chi connectivity index (χ4n) is 2.59. The monoisotopic (exact) mass is 295 g/mol. The Morgan fingerprint density at radius 2 is 2.33 bits per heavy atom. The van der Waals surface area contributed by atoms with Gasteiger partial charge in [0.2, 0.25) is 5.91 Å². The molecule has 5 heteroatoms. The number of ether oxygens (including phenoxy) is 2. The van der Waals surface area contributed by atoms with Gasteiger partial charge in [-0.1, -0.05) is 6.07 Å². The van der Waals surface area contributed by atoms with Crippen LogP contribution in [-0.4, -0.2) is 25.7 Å². The van der Waals surface area contributed by atoms with E-state index in [1.807, 2.05) is 6.92 Å². The van der Waals surface area contributed by atoms with Crippen molar-refractivity contribution in [2.45, 2.75) is 39.0 Å². The molecule has 0 saturated carbocycles. The maximum absolute atomic E-state index is 13.5. The molecule has 4 nitrogen and oxygen atoms in total. The van der Waals surface area contributed by atoms with Crippen molar-refractivity contribution >= 4 is 5.91 Å². The van der Waals surface area contributed by atoms with E-state index in [-0.39, 0.29) is 30.4 Å². The Bertz CT molecular complexity index is 492. The zero-order chi connectivity index (χ0) is 15.2. The Kier molecular flexibility index (Phi) is 5.70. The van der Waals surface area contributed by atoms with Crippen LogP contribution >= 0.6 is 0 Å². The summed E-state index contributed by atoms with van der Waals surface area (Å²) in [6, 6.07) is 4.80. The minimum atomic E-state index is -0.291. The van der Waals surface area contributed by atoms with Crippen LogP contribution < -0.4 is 5.32 Å². The van der Waals surface area contributed by atoms with Crippen molar-refractivity contribution < 1.29 is 18.7 Å². The molecule has 21 heavy (non-hydrogen) atoms. The lowest BCUT2D eigenvalue weighted by Gasteiger charge is -2.28. The number of carbonyl (C=O) groups is 1. The molecule has 116 valence electrons. The average molecular weight is 295 g/mol. The minimum Gasteiger partial charge on any atom is -0.380 e. The maximum atomic E-state index is 13.5. The van der Waals surface area contributed by atoms with Gasteiger partial charge in [0.1, 0.15) is 5.82 Å². The van der Waals surface area contributed by atoms with Crippen LogP contribution in [-0.2, 0) is 27.4 Å². The van der Waals surface area contributed by atoms with E-state index in [4.69, 9.17) is 9.47 Å². The second-order valence-corrected chi connectivity index (χ2v) is 5.40. The second kappa shape index (κ2) is 7.52. The van der Waals surface area contributed by atoms with Crippen molar-refractivity contribution in [1.29, 1.82) is 0 Å². The number of rotatable bonds is 5. The molecule has 0 aromatic heterocycles. The fraction of sp³-hybridized carbons (Fsp3) is 0.562. The van der Waals surface area contributed by atoms with Gasteiger partial charge in [0.15, 0.2) is 0 Å². The number of nitrogens with one attached hydrogen (secondary N) is 1. The maximum Gasteiger partial charge on any atom is 0.225 e. The van der Waals surface area contributed by atoms with Crippen LogP contribution in [0.2, 0.25) is 0 Å². The number of hydrogen-bond acceptors (Lipinski definition) is 3. The van der Waals surface area contributed by atoms with Gasteiger partial charge in [-0.15, -0.1) is 0 Å². The molecule has 1 fully saturated rings.